The van der Waals surface area contributed by atoms with Crippen molar-refractivity contribution in [3.05, 3.63) is 17.7 Å². The van der Waals surface area contributed by atoms with E-state index in [0.29, 0.717) is 11.6 Å². The Morgan fingerprint density at radius 1 is 1.47 bits per heavy atom. The number of fused-ring (bicyclic) bond motifs is 1. The summed E-state index contributed by atoms with van der Waals surface area (Å²) in [6, 6.07) is 1.87. The molecule has 0 atom stereocenters. The number of hydrogen-bond donors (Lipinski definition) is 1. The van der Waals surface area contributed by atoms with E-state index in [9.17, 15) is 0 Å². The molecule has 0 spiro atoms. The fourth-order valence-corrected chi connectivity index (χ4v) is 1.77. The van der Waals surface area contributed by atoms with Gasteiger partial charge in [0.15, 0.2) is 5.89 Å². The molecule has 0 radical (unpaired) electrons. The molecule has 0 aromatic carbocycles. The van der Waals surface area contributed by atoms with Gasteiger partial charge in [0, 0.05) is 12.3 Å². The predicted octanol–water partition coefficient (Wildman–Crippen LogP) is 2.24. The van der Waals surface area contributed by atoms with Gasteiger partial charge in [0.05, 0.1) is 11.4 Å². The summed E-state index contributed by atoms with van der Waals surface area (Å²) in [5.41, 5.74) is 9.07. The number of nitrogens with two attached hydrogens (primary N) is 1. The van der Waals surface area contributed by atoms with E-state index in [1.165, 1.54) is 12.8 Å². The van der Waals surface area contributed by atoms with Gasteiger partial charge in [-0.25, -0.2) is 9.97 Å². The molecular formula is C11H13N3O. The van der Waals surface area contributed by atoms with E-state index >= 15 is 0 Å². The zero-order valence-electron chi connectivity index (χ0n) is 8.66. The van der Waals surface area contributed by atoms with Crippen molar-refractivity contribution in [3.63, 3.8) is 0 Å². The zero-order valence-corrected chi connectivity index (χ0v) is 8.66. The van der Waals surface area contributed by atoms with Crippen LogP contribution in [0.4, 0.5) is 5.69 Å². The Labute approximate surface area is 87.5 Å². The van der Waals surface area contributed by atoms with E-state index in [1.807, 2.05) is 13.0 Å². The van der Waals surface area contributed by atoms with Crippen molar-refractivity contribution in [2.45, 2.75) is 32.1 Å². The number of aryl methyl sites for hydroxylation is 1. The first kappa shape index (κ1) is 8.71. The van der Waals surface area contributed by atoms with Gasteiger partial charge in [-0.2, -0.15) is 0 Å². The molecule has 1 fully saturated rings. The Kier molecular flexibility index (Phi) is 1.71. The van der Waals surface area contributed by atoms with Crippen molar-refractivity contribution < 1.29 is 4.42 Å². The molecule has 2 heterocycles. The van der Waals surface area contributed by atoms with E-state index in [1.54, 1.807) is 0 Å². The van der Waals surface area contributed by atoms with Gasteiger partial charge < -0.3 is 10.2 Å². The molecule has 0 aliphatic heterocycles. The molecule has 2 aromatic heterocycles. The van der Waals surface area contributed by atoms with Gasteiger partial charge in [0.25, 0.3) is 0 Å². The molecule has 15 heavy (non-hydrogen) atoms. The lowest BCUT2D eigenvalue weighted by atomic mass is 10.2. The molecular weight excluding hydrogens is 190 g/mol. The summed E-state index contributed by atoms with van der Waals surface area (Å²) >= 11 is 0. The highest BCUT2D eigenvalue weighted by atomic mass is 16.4. The predicted molar refractivity (Wildman–Crippen MR) is 57.6 cm³/mol. The van der Waals surface area contributed by atoms with Crippen molar-refractivity contribution in [2.24, 2.45) is 0 Å². The van der Waals surface area contributed by atoms with Crippen LogP contribution in [0.3, 0.4) is 0 Å². The Morgan fingerprint density at radius 2 is 2.27 bits per heavy atom. The van der Waals surface area contributed by atoms with Gasteiger partial charge in [-0.05, 0) is 18.9 Å². The zero-order chi connectivity index (χ0) is 10.4. The minimum absolute atomic E-state index is 0.546. The molecule has 2 aromatic rings. The van der Waals surface area contributed by atoms with Crippen LogP contribution >= 0.6 is 0 Å². The first-order valence-corrected chi connectivity index (χ1v) is 5.33. The van der Waals surface area contributed by atoms with Crippen LogP contribution in [0.5, 0.6) is 0 Å². The second-order valence-corrected chi connectivity index (χ2v) is 4.02. The number of aromatic nitrogens is 2. The average molecular weight is 203 g/mol. The number of rotatable bonds is 2. The summed E-state index contributed by atoms with van der Waals surface area (Å²) in [4.78, 5) is 8.75. The molecule has 0 amide bonds. The lowest BCUT2D eigenvalue weighted by Gasteiger charge is -2.00. The van der Waals surface area contributed by atoms with Crippen molar-refractivity contribution in [1.82, 2.24) is 9.97 Å². The monoisotopic (exact) mass is 203 g/mol. The van der Waals surface area contributed by atoms with Gasteiger partial charge in [0.1, 0.15) is 5.52 Å². The molecule has 3 rings (SSSR count). The Bertz CT molecular complexity index is 514. The van der Waals surface area contributed by atoms with Gasteiger partial charge in [-0.3, -0.25) is 0 Å². The van der Waals surface area contributed by atoms with E-state index in [4.69, 9.17) is 10.2 Å². The number of hydrogen-bond acceptors (Lipinski definition) is 4. The first-order chi connectivity index (χ1) is 7.28. The highest BCUT2D eigenvalue weighted by Crippen LogP contribution is 2.42. The second-order valence-electron chi connectivity index (χ2n) is 4.02. The molecule has 0 bridgehead atoms. The van der Waals surface area contributed by atoms with Crippen LogP contribution in [0.25, 0.3) is 11.2 Å². The fraction of sp³-hybridized carbons (Fsp3) is 0.455. The van der Waals surface area contributed by atoms with Crippen LogP contribution < -0.4 is 5.73 Å². The summed E-state index contributed by atoms with van der Waals surface area (Å²) in [7, 11) is 0. The quantitative estimate of drug-likeness (QED) is 0.812. The Hall–Kier alpha value is -1.58. The molecule has 1 aliphatic carbocycles. The van der Waals surface area contributed by atoms with E-state index in [2.05, 4.69) is 9.97 Å². The van der Waals surface area contributed by atoms with Crippen LogP contribution in [-0.4, -0.2) is 9.97 Å². The Balaban J connectivity index is 2.18. The van der Waals surface area contributed by atoms with Gasteiger partial charge in [0.2, 0.25) is 5.71 Å². The largest absolute Gasteiger partial charge is 0.422 e. The van der Waals surface area contributed by atoms with Crippen LogP contribution in [0, 0.1) is 0 Å². The molecule has 1 aliphatic rings. The number of pyridine rings is 1. The van der Waals surface area contributed by atoms with E-state index < -0.39 is 0 Å². The molecule has 0 unspecified atom stereocenters. The third-order valence-corrected chi connectivity index (χ3v) is 2.76. The van der Waals surface area contributed by atoms with Crippen LogP contribution in [0.1, 0.15) is 37.3 Å². The van der Waals surface area contributed by atoms with E-state index in [0.717, 1.165) is 29.2 Å². The molecule has 2 N–H and O–H groups in total. The smallest absolute Gasteiger partial charge is 0.247 e. The fourth-order valence-electron chi connectivity index (χ4n) is 1.77. The van der Waals surface area contributed by atoms with Crippen LogP contribution in [0.2, 0.25) is 0 Å². The number of oxazole rings is 1. The van der Waals surface area contributed by atoms with Gasteiger partial charge >= 0.3 is 0 Å². The molecule has 78 valence electrons. The maximum atomic E-state index is 5.93. The maximum Gasteiger partial charge on any atom is 0.247 e. The van der Waals surface area contributed by atoms with Gasteiger partial charge in [-0.1, -0.05) is 6.92 Å². The lowest BCUT2D eigenvalue weighted by molar-refractivity contribution is 0.528. The van der Waals surface area contributed by atoms with Crippen molar-refractivity contribution in [3.8, 4) is 0 Å². The average Bonchev–Trinajstić information content (AvgIpc) is 2.98. The second kappa shape index (κ2) is 2.95. The normalized spacial score (nSPS) is 16.1. The van der Waals surface area contributed by atoms with Crippen molar-refractivity contribution in [2.75, 3.05) is 5.73 Å². The molecule has 4 nitrogen and oxygen atoms in total. The van der Waals surface area contributed by atoms with Crippen molar-refractivity contribution in [1.29, 1.82) is 0 Å². The maximum absolute atomic E-state index is 5.93. The summed E-state index contributed by atoms with van der Waals surface area (Å²) in [6.45, 7) is 2.01. The third-order valence-electron chi connectivity index (χ3n) is 2.76. The number of nitrogen functional groups attached to an aromatic ring is 1. The SMILES string of the molecule is CCc1nc2cc(N)c(C3CC3)nc2o1. The summed E-state index contributed by atoms with van der Waals surface area (Å²) in [5.74, 6) is 1.27. The highest BCUT2D eigenvalue weighted by molar-refractivity contribution is 5.74. The molecule has 0 saturated heterocycles. The molecule has 4 heteroatoms. The number of nitrogens with zero attached hydrogens (tertiary/aromatic N) is 2. The van der Waals surface area contributed by atoms with Crippen LogP contribution in [0.15, 0.2) is 10.5 Å². The summed E-state index contributed by atoms with van der Waals surface area (Å²) < 4.78 is 5.51. The topological polar surface area (TPSA) is 64.9 Å². The third kappa shape index (κ3) is 1.37. The minimum atomic E-state index is 0.546. The summed E-state index contributed by atoms with van der Waals surface area (Å²) in [6.07, 6.45) is 3.17. The van der Waals surface area contributed by atoms with Crippen molar-refractivity contribution >= 4 is 16.9 Å². The van der Waals surface area contributed by atoms with Gasteiger partial charge in [-0.15, -0.1) is 0 Å². The summed E-state index contributed by atoms with van der Waals surface area (Å²) in [5, 5.41) is 0. The Morgan fingerprint density at radius 3 is 2.93 bits per heavy atom. The molecule has 1 saturated carbocycles. The number of anilines is 1. The lowest BCUT2D eigenvalue weighted by Crippen LogP contribution is -1.95. The minimum Gasteiger partial charge on any atom is -0.422 e. The van der Waals surface area contributed by atoms with Crippen LogP contribution in [-0.2, 0) is 6.42 Å². The van der Waals surface area contributed by atoms with E-state index in [-0.39, 0.29) is 0 Å². The first-order valence-electron chi connectivity index (χ1n) is 5.33. The highest BCUT2D eigenvalue weighted by Gasteiger charge is 2.28. The standard InChI is InChI=1S/C11H13N3O/c1-2-9-13-8-5-7(12)10(6-3-4-6)14-11(8)15-9/h5-6H,2-4,12H2,1H3.